The van der Waals surface area contributed by atoms with Gasteiger partial charge in [-0.05, 0) is 41.5 Å². The van der Waals surface area contributed by atoms with Gasteiger partial charge in [0.1, 0.15) is 0 Å². The lowest BCUT2D eigenvalue weighted by Gasteiger charge is -2.29. The maximum atomic E-state index is 11.6. The Morgan fingerprint density at radius 2 is 1.75 bits per heavy atom. The van der Waals surface area contributed by atoms with E-state index in [0.717, 1.165) is 0 Å². The Morgan fingerprint density at radius 1 is 1.25 bits per heavy atom. The van der Waals surface area contributed by atoms with Crippen molar-refractivity contribution >= 4 is 5.91 Å². The molecule has 0 spiro atoms. The SMILES string of the molecule is CC(O)C(C)(C)NC(=O)CCNC(C)(C)C. The van der Waals surface area contributed by atoms with E-state index >= 15 is 0 Å². The summed E-state index contributed by atoms with van der Waals surface area (Å²) < 4.78 is 0. The van der Waals surface area contributed by atoms with Crippen molar-refractivity contribution in [1.29, 1.82) is 0 Å². The molecule has 0 rings (SSSR count). The average molecular weight is 230 g/mol. The molecule has 0 aliphatic rings. The van der Waals surface area contributed by atoms with Gasteiger partial charge in [-0.1, -0.05) is 0 Å². The highest BCUT2D eigenvalue weighted by Gasteiger charge is 2.25. The van der Waals surface area contributed by atoms with Crippen LogP contribution in [0.25, 0.3) is 0 Å². The molecule has 0 fully saturated rings. The highest BCUT2D eigenvalue weighted by atomic mass is 16.3. The van der Waals surface area contributed by atoms with E-state index in [2.05, 4.69) is 31.4 Å². The fourth-order valence-electron chi connectivity index (χ4n) is 1.08. The lowest BCUT2D eigenvalue weighted by atomic mass is 9.98. The van der Waals surface area contributed by atoms with Crippen LogP contribution < -0.4 is 10.6 Å². The molecule has 0 saturated heterocycles. The first-order chi connectivity index (χ1) is 7.04. The van der Waals surface area contributed by atoms with E-state index in [4.69, 9.17) is 0 Å². The van der Waals surface area contributed by atoms with Gasteiger partial charge in [0.05, 0.1) is 11.6 Å². The molecule has 0 saturated carbocycles. The molecule has 0 aromatic rings. The molecular formula is C12H26N2O2. The fraction of sp³-hybridized carbons (Fsp3) is 0.917. The number of aliphatic hydroxyl groups excluding tert-OH is 1. The van der Waals surface area contributed by atoms with Crippen LogP contribution in [0.15, 0.2) is 0 Å². The van der Waals surface area contributed by atoms with Gasteiger partial charge in [0.2, 0.25) is 5.91 Å². The van der Waals surface area contributed by atoms with E-state index in [0.29, 0.717) is 13.0 Å². The maximum Gasteiger partial charge on any atom is 0.221 e. The Hall–Kier alpha value is -0.610. The summed E-state index contributed by atoms with van der Waals surface area (Å²) in [5.74, 6) is -0.0392. The lowest BCUT2D eigenvalue weighted by molar-refractivity contribution is -0.123. The van der Waals surface area contributed by atoms with Crippen LogP contribution in [0.4, 0.5) is 0 Å². The minimum atomic E-state index is -0.571. The van der Waals surface area contributed by atoms with E-state index in [9.17, 15) is 9.90 Å². The molecule has 0 bridgehead atoms. The van der Waals surface area contributed by atoms with Crippen molar-refractivity contribution in [2.45, 2.75) is 65.1 Å². The number of aliphatic hydroxyl groups is 1. The van der Waals surface area contributed by atoms with Crippen LogP contribution >= 0.6 is 0 Å². The first kappa shape index (κ1) is 15.4. The minimum Gasteiger partial charge on any atom is -0.391 e. The molecule has 0 heterocycles. The van der Waals surface area contributed by atoms with E-state index < -0.39 is 11.6 Å². The van der Waals surface area contributed by atoms with Crippen molar-refractivity contribution in [3.05, 3.63) is 0 Å². The normalized spacial score (nSPS) is 14.7. The van der Waals surface area contributed by atoms with Gasteiger partial charge in [-0.2, -0.15) is 0 Å². The van der Waals surface area contributed by atoms with Gasteiger partial charge in [-0.25, -0.2) is 0 Å². The highest BCUT2D eigenvalue weighted by molar-refractivity contribution is 5.76. The average Bonchev–Trinajstić information content (AvgIpc) is 1.99. The summed E-state index contributed by atoms with van der Waals surface area (Å²) in [5.41, 5.74) is -0.543. The first-order valence-corrected chi connectivity index (χ1v) is 5.79. The van der Waals surface area contributed by atoms with E-state index in [1.807, 2.05) is 13.8 Å². The van der Waals surface area contributed by atoms with Gasteiger partial charge in [0, 0.05) is 18.5 Å². The molecule has 1 atom stereocenters. The Labute approximate surface area is 98.8 Å². The van der Waals surface area contributed by atoms with Crippen LogP contribution in [0.3, 0.4) is 0 Å². The molecule has 0 aliphatic heterocycles. The minimum absolute atomic E-state index is 0.0278. The Bertz CT molecular complexity index is 230. The Kier molecular flexibility index (Phi) is 5.42. The van der Waals surface area contributed by atoms with Gasteiger partial charge < -0.3 is 15.7 Å². The lowest BCUT2D eigenvalue weighted by Crippen LogP contribution is -2.51. The second-order valence-corrected chi connectivity index (χ2v) is 5.87. The summed E-state index contributed by atoms with van der Waals surface area (Å²) in [5, 5.41) is 15.5. The number of amides is 1. The fourth-order valence-corrected chi connectivity index (χ4v) is 1.08. The molecule has 0 aromatic carbocycles. The zero-order valence-corrected chi connectivity index (χ0v) is 11.3. The molecule has 3 N–H and O–H groups in total. The smallest absolute Gasteiger partial charge is 0.221 e. The van der Waals surface area contributed by atoms with Crippen molar-refractivity contribution < 1.29 is 9.90 Å². The third kappa shape index (κ3) is 6.80. The molecule has 0 aromatic heterocycles. The predicted octanol–water partition coefficient (Wildman–Crippen LogP) is 1.04. The highest BCUT2D eigenvalue weighted by Crippen LogP contribution is 2.08. The summed E-state index contributed by atoms with van der Waals surface area (Å²) in [6.45, 7) is 12.1. The van der Waals surface area contributed by atoms with Gasteiger partial charge in [0.25, 0.3) is 0 Å². The Balaban J connectivity index is 3.93. The molecular weight excluding hydrogens is 204 g/mol. The van der Waals surface area contributed by atoms with Crippen molar-refractivity contribution in [1.82, 2.24) is 10.6 Å². The topological polar surface area (TPSA) is 61.4 Å². The van der Waals surface area contributed by atoms with Gasteiger partial charge in [-0.15, -0.1) is 0 Å². The number of carbonyl (C=O) groups is 1. The summed E-state index contributed by atoms with van der Waals surface area (Å²) in [7, 11) is 0. The number of hydrogen-bond acceptors (Lipinski definition) is 3. The summed E-state index contributed by atoms with van der Waals surface area (Å²) in [6, 6.07) is 0. The summed E-state index contributed by atoms with van der Waals surface area (Å²) in [6.07, 6.45) is -0.139. The molecule has 1 unspecified atom stereocenters. The van der Waals surface area contributed by atoms with Gasteiger partial charge >= 0.3 is 0 Å². The van der Waals surface area contributed by atoms with Crippen molar-refractivity contribution in [3.8, 4) is 0 Å². The molecule has 0 radical (unpaired) electrons. The zero-order valence-electron chi connectivity index (χ0n) is 11.3. The van der Waals surface area contributed by atoms with Crippen molar-refractivity contribution in [2.24, 2.45) is 0 Å². The number of hydrogen-bond donors (Lipinski definition) is 3. The van der Waals surface area contributed by atoms with Crippen LogP contribution in [-0.4, -0.2) is 34.7 Å². The zero-order chi connectivity index (χ0) is 13.0. The largest absolute Gasteiger partial charge is 0.391 e. The molecule has 0 aliphatic carbocycles. The standard InChI is InChI=1S/C12H26N2O2/c1-9(15)12(5,6)14-10(16)7-8-13-11(2,3)4/h9,13,15H,7-8H2,1-6H3,(H,14,16). The van der Waals surface area contributed by atoms with Crippen LogP contribution in [0.5, 0.6) is 0 Å². The number of rotatable bonds is 5. The van der Waals surface area contributed by atoms with Crippen LogP contribution in [0.1, 0.15) is 48.0 Å². The van der Waals surface area contributed by atoms with Gasteiger partial charge in [-0.3, -0.25) is 4.79 Å². The van der Waals surface area contributed by atoms with E-state index in [1.54, 1.807) is 6.92 Å². The monoisotopic (exact) mass is 230 g/mol. The molecule has 16 heavy (non-hydrogen) atoms. The van der Waals surface area contributed by atoms with Crippen LogP contribution in [0.2, 0.25) is 0 Å². The quantitative estimate of drug-likeness (QED) is 0.661. The van der Waals surface area contributed by atoms with Crippen molar-refractivity contribution in [2.75, 3.05) is 6.54 Å². The maximum absolute atomic E-state index is 11.6. The molecule has 1 amide bonds. The van der Waals surface area contributed by atoms with Gasteiger partial charge in [0.15, 0.2) is 0 Å². The second-order valence-electron chi connectivity index (χ2n) is 5.87. The van der Waals surface area contributed by atoms with E-state index in [-0.39, 0.29) is 11.4 Å². The summed E-state index contributed by atoms with van der Waals surface area (Å²) >= 11 is 0. The number of nitrogens with one attached hydrogen (secondary N) is 2. The second kappa shape index (κ2) is 5.64. The third-order valence-corrected chi connectivity index (χ3v) is 2.51. The van der Waals surface area contributed by atoms with E-state index in [1.165, 1.54) is 0 Å². The van der Waals surface area contributed by atoms with Crippen LogP contribution in [0, 0.1) is 0 Å². The number of carbonyl (C=O) groups excluding carboxylic acids is 1. The first-order valence-electron chi connectivity index (χ1n) is 5.79. The van der Waals surface area contributed by atoms with Crippen LogP contribution in [-0.2, 0) is 4.79 Å². The molecule has 4 nitrogen and oxygen atoms in total. The Morgan fingerprint density at radius 3 is 2.12 bits per heavy atom. The molecule has 96 valence electrons. The van der Waals surface area contributed by atoms with Crippen molar-refractivity contribution in [3.63, 3.8) is 0 Å². The predicted molar refractivity (Wildman–Crippen MR) is 66.3 cm³/mol. The molecule has 4 heteroatoms. The summed E-state index contributed by atoms with van der Waals surface area (Å²) in [4.78, 5) is 11.6. The third-order valence-electron chi connectivity index (χ3n) is 2.51.